The van der Waals surface area contributed by atoms with E-state index in [9.17, 15) is 19.8 Å². The van der Waals surface area contributed by atoms with Crippen LogP contribution in [0.4, 0.5) is 0 Å². The molecule has 3 aromatic rings. The van der Waals surface area contributed by atoms with Crippen LogP contribution in [0.1, 0.15) is 34.7 Å². The lowest BCUT2D eigenvalue weighted by molar-refractivity contribution is -0.140. The monoisotopic (exact) mass is 595 g/mol. The van der Waals surface area contributed by atoms with Crippen molar-refractivity contribution in [2.45, 2.75) is 26.0 Å². The minimum absolute atomic E-state index is 0.0503. The largest absolute Gasteiger partial charge is 0.507 e. The van der Waals surface area contributed by atoms with Gasteiger partial charge in [0.1, 0.15) is 18.1 Å². The number of amides is 1. The molecule has 1 amide bonds. The molecule has 1 heterocycles. The predicted molar refractivity (Wildman–Crippen MR) is 150 cm³/mol. The summed E-state index contributed by atoms with van der Waals surface area (Å²) in [4.78, 5) is 27.8. The van der Waals surface area contributed by atoms with E-state index in [1.54, 1.807) is 43.5 Å². The van der Waals surface area contributed by atoms with Crippen LogP contribution in [0.25, 0.3) is 5.76 Å². The number of hydrogen-bond donors (Lipinski definition) is 2. The Bertz CT molecular complexity index is 1400. The average molecular weight is 596 g/mol. The first kappa shape index (κ1) is 28.2. The van der Waals surface area contributed by atoms with Crippen molar-refractivity contribution in [2.75, 3.05) is 27.4 Å². The number of carbonyl (C=O) groups is 2. The third kappa shape index (κ3) is 5.94. The Hall–Kier alpha value is -3.82. The molecular weight excluding hydrogens is 566 g/mol. The Balaban J connectivity index is 1.70. The van der Waals surface area contributed by atoms with Gasteiger partial charge in [-0.2, -0.15) is 0 Å². The van der Waals surface area contributed by atoms with Gasteiger partial charge in [-0.3, -0.25) is 9.59 Å². The Labute approximate surface area is 235 Å². The number of aliphatic hydroxyl groups excluding tert-OH is 1. The van der Waals surface area contributed by atoms with Crippen LogP contribution in [-0.2, 0) is 20.9 Å². The molecule has 0 aromatic heterocycles. The molecule has 0 spiro atoms. The predicted octanol–water partition coefficient (Wildman–Crippen LogP) is 5.51. The number of aliphatic hydroxyl groups is 1. The number of Topliss-reactive ketones (excluding diaryl/α,β-unsaturated/α-hetero) is 1. The van der Waals surface area contributed by atoms with Gasteiger partial charge in [-0.15, -0.1) is 0 Å². The molecule has 1 saturated heterocycles. The van der Waals surface area contributed by atoms with Gasteiger partial charge in [-0.25, -0.2) is 0 Å². The molecule has 8 nitrogen and oxygen atoms in total. The summed E-state index contributed by atoms with van der Waals surface area (Å²) in [5.74, 6) is -1.17. The molecule has 9 heteroatoms. The zero-order valence-electron chi connectivity index (χ0n) is 21.9. The lowest BCUT2D eigenvalue weighted by Gasteiger charge is -2.26. The molecule has 0 aliphatic carbocycles. The van der Waals surface area contributed by atoms with Crippen LogP contribution in [-0.4, -0.2) is 54.2 Å². The van der Waals surface area contributed by atoms with Crippen molar-refractivity contribution >= 4 is 33.4 Å². The maximum absolute atomic E-state index is 13.3. The number of ketones is 1. The second kappa shape index (κ2) is 12.4. The van der Waals surface area contributed by atoms with Crippen LogP contribution < -0.4 is 9.47 Å². The SMILES string of the molecule is COCCCN1C(=O)C(=O)C(=C(O)c2ccc(OCc3ccccc3C)cc2)C1c1cc(Br)c(O)c(OC)c1. The fourth-order valence-corrected chi connectivity index (χ4v) is 5.00. The minimum atomic E-state index is -0.898. The van der Waals surface area contributed by atoms with Gasteiger partial charge >= 0.3 is 0 Å². The zero-order valence-corrected chi connectivity index (χ0v) is 23.5. The second-order valence-electron chi connectivity index (χ2n) is 9.13. The number of carbonyl (C=O) groups excluding carboxylic acids is 2. The number of phenolic OH excluding ortho intramolecular Hbond substituents is 1. The molecule has 0 radical (unpaired) electrons. The van der Waals surface area contributed by atoms with Crippen LogP contribution in [0.5, 0.6) is 17.2 Å². The van der Waals surface area contributed by atoms with Crippen LogP contribution in [0.3, 0.4) is 0 Å². The van der Waals surface area contributed by atoms with Gasteiger partial charge in [-0.1, -0.05) is 24.3 Å². The first-order valence-electron chi connectivity index (χ1n) is 12.4. The molecule has 204 valence electrons. The van der Waals surface area contributed by atoms with Crippen molar-refractivity contribution in [1.29, 1.82) is 0 Å². The summed E-state index contributed by atoms with van der Waals surface area (Å²) < 4.78 is 16.6. The molecular formula is C30H30BrNO7. The topological polar surface area (TPSA) is 106 Å². The standard InChI is InChI=1S/C30H30BrNO7/c1-18-7-4-5-8-20(18)17-39-22-11-9-19(10-12-22)27(33)25-26(21-15-23(31)28(34)24(16-21)38-3)32(13-6-14-37-2)30(36)29(25)35/h4-5,7-12,15-16,26,33-34H,6,13-14,17H2,1-3H3. The minimum Gasteiger partial charge on any atom is -0.507 e. The number of benzene rings is 3. The number of hydrogen-bond acceptors (Lipinski definition) is 7. The Morgan fingerprint density at radius 1 is 1.05 bits per heavy atom. The number of ether oxygens (including phenoxy) is 3. The molecule has 1 unspecified atom stereocenters. The summed E-state index contributed by atoms with van der Waals surface area (Å²) in [6.07, 6.45) is 0.489. The summed E-state index contributed by atoms with van der Waals surface area (Å²) in [5, 5.41) is 21.6. The van der Waals surface area contributed by atoms with Crippen molar-refractivity contribution in [1.82, 2.24) is 4.90 Å². The molecule has 39 heavy (non-hydrogen) atoms. The summed E-state index contributed by atoms with van der Waals surface area (Å²) in [5.41, 5.74) is 2.99. The van der Waals surface area contributed by atoms with Crippen LogP contribution in [0.15, 0.2) is 70.7 Å². The maximum Gasteiger partial charge on any atom is 0.295 e. The number of likely N-dealkylation sites (tertiary alicyclic amines) is 1. The highest BCUT2D eigenvalue weighted by Crippen LogP contribution is 2.44. The number of nitrogens with zero attached hydrogens (tertiary/aromatic N) is 1. The third-order valence-corrected chi connectivity index (χ3v) is 7.26. The first-order chi connectivity index (χ1) is 18.8. The first-order valence-corrected chi connectivity index (χ1v) is 13.2. The number of methoxy groups -OCH3 is 2. The van der Waals surface area contributed by atoms with Crippen LogP contribution >= 0.6 is 15.9 Å². The van der Waals surface area contributed by atoms with E-state index in [-0.39, 0.29) is 29.4 Å². The normalized spacial score (nSPS) is 16.5. The van der Waals surface area contributed by atoms with E-state index in [4.69, 9.17) is 14.2 Å². The molecule has 1 aliphatic heterocycles. The van der Waals surface area contributed by atoms with Gasteiger partial charge < -0.3 is 29.3 Å². The summed E-state index contributed by atoms with van der Waals surface area (Å²) >= 11 is 3.31. The maximum atomic E-state index is 13.3. The highest BCUT2D eigenvalue weighted by Gasteiger charge is 2.46. The number of aromatic hydroxyl groups is 1. The Kier molecular flexibility index (Phi) is 8.93. The fraction of sp³-hybridized carbons (Fsp3) is 0.267. The molecule has 1 aliphatic rings. The highest BCUT2D eigenvalue weighted by atomic mass is 79.9. The molecule has 0 bridgehead atoms. The summed E-state index contributed by atoms with van der Waals surface area (Å²) in [6, 6.07) is 16.9. The van der Waals surface area contributed by atoms with E-state index >= 15 is 0 Å². The Morgan fingerprint density at radius 3 is 2.44 bits per heavy atom. The molecule has 1 atom stereocenters. The van der Waals surface area contributed by atoms with E-state index in [1.807, 2.05) is 31.2 Å². The van der Waals surface area contributed by atoms with Gasteiger partial charge in [-0.05, 0) is 82.4 Å². The van der Waals surface area contributed by atoms with E-state index < -0.39 is 17.7 Å². The number of aryl methyl sites for hydroxylation is 1. The fourth-order valence-electron chi connectivity index (χ4n) is 4.54. The lowest BCUT2D eigenvalue weighted by atomic mass is 9.95. The van der Waals surface area contributed by atoms with Crippen molar-refractivity contribution in [3.8, 4) is 17.2 Å². The second-order valence-corrected chi connectivity index (χ2v) is 9.99. The smallest absolute Gasteiger partial charge is 0.295 e. The van der Waals surface area contributed by atoms with Crippen molar-refractivity contribution < 1.29 is 34.0 Å². The molecule has 1 fully saturated rings. The van der Waals surface area contributed by atoms with Crippen LogP contribution in [0.2, 0.25) is 0 Å². The number of rotatable bonds is 10. The lowest BCUT2D eigenvalue weighted by Crippen LogP contribution is -2.31. The van der Waals surface area contributed by atoms with Crippen LogP contribution in [0, 0.1) is 6.92 Å². The van der Waals surface area contributed by atoms with Crippen molar-refractivity contribution in [2.24, 2.45) is 0 Å². The summed E-state index contributed by atoms with van der Waals surface area (Å²) in [6.45, 7) is 3.03. The van der Waals surface area contributed by atoms with Crippen molar-refractivity contribution in [3.63, 3.8) is 0 Å². The Morgan fingerprint density at radius 2 is 1.77 bits per heavy atom. The number of halogens is 1. The third-order valence-electron chi connectivity index (χ3n) is 6.66. The quantitative estimate of drug-likeness (QED) is 0.138. The average Bonchev–Trinajstić information content (AvgIpc) is 3.19. The molecule has 4 rings (SSSR count). The van der Waals surface area contributed by atoms with Crippen molar-refractivity contribution in [3.05, 3.63) is 93.0 Å². The van der Waals surface area contributed by atoms with E-state index in [2.05, 4.69) is 15.9 Å². The van der Waals surface area contributed by atoms with E-state index in [1.165, 1.54) is 12.0 Å². The van der Waals surface area contributed by atoms with Gasteiger partial charge in [0.15, 0.2) is 11.5 Å². The van der Waals surface area contributed by atoms with E-state index in [0.717, 1.165) is 11.1 Å². The summed E-state index contributed by atoms with van der Waals surface area (Å²) in [7, 11) is 2.96. The van der Waals surface area contributed by atoms with E-state index in [0.29, 0.717) is 41.0 Å². The molecule has 0 saturated carbocycles. The van der Waals surface area contributed by atoms with Gasteiger partial charge in [0.05, 0.1) is 23.2 Å². The molecule has 2 N–H and O–H groups in total. The van der Waals surface area contributed by atoms with Gasteiger partial charge in [0.2, 0.25) is 0 Å². The number of phenols is 1. The van der Waals surface area contributed by atoms with Gasteiger partial charge in [0, 0.05) is 25.8 Å². The van der Waals surface area contributed by atoms with Gasteiger partial charge in [0.25, 0.3) is 11.7 Å². The molecule has 3 aromatic carbocycles. The zero-order chi connectivity index (χ0) is 28.1. The highest BCUT2D eigenvalue weighted by molar-refractivity contribution is 9.10.